The van der Waals surface area contributed by atoms with Gasteiger partial charge in [-0.2, -0.15) is 0 Å². The van der Waals surface area contributed by atoms with Crippen LogP contribution >= 0.6 is 0 Å². The summed E-state index contributed by atoms with van der Waals surface area (Å²) in [6, 6.07) is 14.1. The maximum absolute atomic E-state index is 10.4. The average Bonchev–Trinajstić information content (AvgIpc) is 2.33. The molecule has 88 valence electrons. The zero-order valence-electron chi connectivity index (χ0n) is 10.6. The maximum atomic E-state index is 10.4. The van der Waals surface area contributed by atoms with E-state index in [2.05, 4.69) is 19.9 Å². The summed E-state index contributed by atoms with van der Waals surface area (Å²) in [4.78, 5) is 0. The van der Waals surface area contributed by atoms with E-state index >= 15 is 0 Å². The molecular formula is C16H18O. The molecule has 2 aromatic rings. The van der Waals surface area contributed by atoms with E-state index in [1.165, 1.54) is 16.7 Å². The van der Waals surface area contributed by atoms with Crippen molar-refractivity contribution < 1.29 is 5.11 Å². The van der Waals surface area contributed by atoms with Gasteiger partial charge >= 0.3 is 0 Å². The maximum Gasteiger partial charge on any atom is 0.104 e. The lowest BCUT2D eigenvalue weighted by Gasteiger charge is -2.15. The van der Waals surface area contributed by atoms with E-state index in [9.17, 15) is 5.11 Å². The first kappa shape index (κ1) is 11.9. The first-order valence-corrected chi connectivity index (χ1v) is 5.90. The lowest BCUT2D eigenvalue weighted by molar-refractivity contribution is 0.219. The largest absolute Gasteiger partial charge is 0.384 e. The third kappa shape index (κ3) is 2.40. The first-order chi connectivity index (χ1) is 8.09. The van der Waals surface area contributed by atoms with E-state index in [0.29, 0.717) is 0 Å². The lowest BCUT2D eigenvalue weighted by atomic mass is 9.94. The van der Waals surface area contributed by atoms with Crippen LogP contribution in [0.3, 0.4) is 0 Å². The second kappa shape index (κ2) is 4.72. The van der Waals surface area contributed by atoms with Crippen LogP contribution in [0.2, 0.25) is 0 Å². The van der Waals surface area contributed by atoms with Crippen LogP contribution in [0.4, 0.5) is 0 Å². The van der Waals surface area contributed by atoms with E-state index in [1.54, 1.807) is 0 Å². The molecule has 1 heteroatoms. The first-order valence-electron chi connectivity index (χ1n) is 5.90. The van der Waals surface area contributed by atoms with Gasteiger partial charge in [0, 0.05) is 0 Å². The van der Waals surface area contributed by atoms with Crippen LogP contribution in [0, 0.1) is 20.8 Å². The minimum atomic E-state index is -0.532. The Labute approximate surface area is 103 Å². The topological polar surface area (TPSA) is 20.2 Å². The third-order valence-corrected chi connectivity index (χ3v) is 3.33. The van der Waals surface area contributed by atoms with Gasteiger partial charge in [0.2, 0.25) is 0 Å². The van der Waals surface area contributed by atoms with Crippen molar-refractivity contribution in [2.45, 2.75) is 26.9 Å². The summed E-state index contributed by atoms with van der Waals surface area (Å²) in [6.07, 6.45) is -0.532. The number of hydrogen-bond donors (Lipinski definition) is 1. The van der Waals surface area contributed by atoms with Gasteiger partial charge < -0.3 is 5.11 Å². The van der Waals surface area contributed by atoms with Crippen molar-refractivity contribution in [3.05, 3.63) is 70.3 Å². The Kier molecular flexibility index (Phi) is 3.30. The average molecular weight is 226 g/mol. The number of benzene rings is 2. The molecule has 0 aliphatic carbocycles. The highest BCUT2D eigenvalue weighted by Crippen LogP contribution is 2.26. The van der Waals surface area contributed by atoms with Crippen LogP contribution in [0.15, 0.2) is 42.5 Å². The minimum absolute atomic E-state index is 0.532. The molecule has 1 unspecified atom stereocenters. The number of hydrogen-bond acceptors (Lipinski definition) is 1. The summed E-state index contributed by atoms with van der Waals surface area (Å²) in [5, 5.41) is 10.4. The highest BCUT2D eigenvalue weighted by atomic mass is 16.3. The highest BCUT2D eigenvalue weighted by Gasteiger charge is 2.13. The quantitative estimate of drug-likeness (QED) is 0.828. The van der Waals surface area contributed by atoms with Crippen LogP contribution in [0.5, 0.6) is 0 Å². The molecule has 0 spiro atoms. The number of aryl methyl sites for hydroxylation is 2. The van der Waals surface area contributed by atoms with Crippen LogP contribution in [0.1, 0.15) is 33.9 Å². The van der Waals surface area contributed by atoms with Gasteiger partial charge in [-0.3, -0.25) is 0 Å². The van der Waals surface area contributed by atoms with Gasteiger partial charge in [0.1, 0.15) is 6.10 Å². The molecule has 0 bridgehead atoms. The fourth-order valence-electron chi connectivity index (χ4n) is 2.00. The lowest BCUT2D eigenvalue weighted by Crippen LogP contribution is -2.03. The van der Waals surface area contributed by atoms with Gasteiger partial charge in [0.15, 0.2) is 0 Å². The fourth-order valence-corrected chi connectivity index (χ4v) is 2.00. The molecule has 0 heterocycles. The van der Waals surface area contributed by atoms with Gasteiger partial charge in [-0.05, 0) is 43.0 Å². The second-order valence-corrected chi connectivity index (χ2v) is 4.60. The molecule has 0 aliphatic rings. The molecule has 1 atom stereocenters. The summed E-state index contributed by atoms with van der Waals surface area (Å²) < 4.78 is 0. The number of rotatable bonds is 2. The Morgan fingerprint density at radius 1 is 0.882 bits per heavy atom. The third-order valence-electron chi connectivity index (χ3n) is 3.33. The second-order valence-electron chi connectivity index (χ2n) is 4.60. The molecule has 2 aromatic carbocycles. The van der Waals surface area contributed by atoms with Crippen molar-refractivity contribution in [2.75, 3.05) is 0 Å². The molecule has 2 rings (SSSR count). The molecule has 1 N–H and O–H groups in total. The Morgan fingerprint density at radius 2 is 1.53 bits per heavy atom. The van der Waals surface area contributed by atoms with Crippen LogP contribution in [0.25, 0.3) is 0 Å². The van der Waals surface area contributed by atoms with Gasteiger partial charge in [-0.1, -0.05) is 48.0 Å². The molecule has 0 fully saturated rings. The Bertz CT molecular complexity index is 512. The molecule has 0 aromatic heterocycles. The summed E-state index contributed by atoms with van der Waals surface area (Å²) in [5.74, 6) is 0. The number of aliphatic hydroxyl groups is 1. The summed E-state index contributed by atoms with van der Waals surface area (Å²) in [5.41, 5.74) is 5.54. The minimum Gasteiger partial charge on any atom is -0.384 e. The zero-order valence-corrected chi connectivity index (χ0v) is 10.6. The highest BCUT2D eigenvalue weighted by molar-refractivity contribution is 5.39. The summed E-state index contributed by atoms with van der Waals surface area (Å²) in [7, 11) is 0. The Hall–Kier alpha value is -1.60. The molecule has 0 amide bonds. The van der Waals surface area contributed by atoms with E-state index < -0.39 is 6.10 Å². The van der Waals surface area contributed by atoms with Crippen molar-refractivity contribution in [3.63, 3.8) is 0 Å². The molecule has 0 saturated carbocycles. The van der Waals surface area contributed by atoms with Gasteiger partial charge in [0.25, 0.3) is 0 Å². The van der Waals surface area contributed by atoms with Crippen LogP contribution in [-0.2, 0) is 0 Å². The Balaban J connectivity index is 2.40. The zero-order chi connectivity index (χ0) is 12.4. The summed E-state index contributed by atoms with van der Waals surface area (Å²) in [6.45, 7) is 6.18. The van der Waals surface area contributed by atoms with E-state index in [1.807, 2.05) is 43.3 Å². The molecular weight excluding hydrogens is 208 g/mol. The van der Waals surface area contributed by atoms with E-state index in [-0.39, 0.29) is 0 Å². The smallest absolute Gasteiger partial charge is 0.104 e. The van der Waals surface area contributed by atoms with E-state index in [0.717, 1.165) is 11.1 Å². The summed E-state index contributed by atoms with van der Waals surface area (Å²) >= 11 is 0. The van der Waals surface area contributed by atoms with E-state index in [4.69, 9.17) is 0 Å². The normalized spacial score (nSPS) is 12.5. The molecule has 0 radical (unpaired) electrons. The van der Waals surface area contributed by atoms with Crippen molar-refractivity contribution in [1.29, 1.82) is 0 Å². The SMILES string of the molecule is Cc1ccc(C(O)c2cccc(C)c2C)cc1. The molecule has 1 nitrogen and oxygen atoms in total. The van der Waals surface area contributed by atoms with Crippen molar-refractivity contribution in [3.8, 4) is 0 Å². The van der Waals surface area contributed by atoms with Crippen LogP contribution in [-0.4, -0.2) is 5.11 Å². The van der Waals surface area contributed by atoms with Gasteiger partial charge in [-0.25, -0.2) is 0 Å². The molecule has 0 saturated heterocycles. The fraction of sp³-hybridized carbons (Fsp3) is 0.250. The van der Waals surface area contributed by atoms with Gasteiger partial charge in [0.05, 0.1) is 0 Å². The molecule has 17 heavy (non-hydrogen) atoms. The van der Waals surface area contributed by atoms with Gasteiger partial charge in [-0.15, -0.1) is 0 Å². The predicted octanol–water partition coefficient (Wildman–Crippen LogP) is 3.69. The number of aliphatic hydroxyl groups excluding tert-OH is 1. The van der Waals surface area contributed by atoms with Crippen molar-refractivity contribution in [2.24, 2.45) is 0 Å². The standard InChI is InChI=1S/C16H18O/c1-11-7-9-14(10-8-11)16(17)15-6-4-5-12(2)13(15)3/h4-10,16-17H,1-3H3. The predicted molar refractivity (Wildman–Crippen MR) is 71.2 cm³/mol. The molecule has 0 aliphatic heterocycles. The van der Waals surface area contributed by atoms with Crippen molar-refractivity contribution in [1.82, 2.24) is 0 Å². The Morgan fingerprint density at radius 3 is 2.18 bits per heavy atom. The van der Waals surface area contributed by atoms with Crippen molar-refractivity contribution >= 4 is 0 Å². The monoisotopic (exact) mass is 226 g/mol. The van der Waals surface area contributed by atoms with Crippen LogP contribution < -0.4 is 0 Å².